The van der Waals surface area contributed by atoms with E-state index in [1.807, 2.05) is 25.2 Å². The number of rotatable bonds is 3. The second-order valence-corrected chi connectivity index (χ2v) is 7.89. The van der Waals surface area contributed by atoms with Gasteiger partial charge in [-0.25, -0.2) is 9.18 Å². The fraction of sp³-hybridized carbons (Fsp3) is 0.500. The number of hydrogen-bond acceptors (Lipinski definition) is 3. The molecule has 4 heterocycles. The van der Waals surface area contributed by atoms with Crippen LogP contribution in [0.2, 0.25) is 0 Å². The predicted octanol–water partition coefficient (Wildman–Crippen LogP) is 2.79. The van der Waals surface area contributed by atoms with E-state index in [1.54, 1.807) is 17.0 Å². The highest BCUT2D eigenvalue weighted by molar-refractivity contribution is 5.74. The lowest BCUT2D eigenvalue weighted by Crippen LogP contribution is -2.45. The van der Waals surface area contributed by atoms with Gasteiger partial charge in [0, 0.05) is 57.4 Å². The van der Waals surface area contributed by atoms with Crippen LogP contribution in [0.3, 0.4) is 0 Å². The summed E-state index contributed by atoms with van der Waals surface area (Å²) < 4.78 is 13.2. The Hall–Kier alpha value is -2.41. The second kappa shape index (κ2) is 7.31. The fourth-order valence-corrected chi connectivity index (χ4v) is 4.33. The molecular weight excluding hydrogens is 345 g/mol. The van der Waals surface area contributed by atoms with E-state index in [4.69, 9.17) is 0 Å². The average Bonchev–Trinajstić information content (AvgIpc) is 2.92. The van der Waals surface area contributed by atoms with Crippen molar-refractivity contribution >= 4 is 6.03 Å². The van der Waals surface area contributed by atoms with E-state index in [2.05, 4.69) is 15.1 Å². The Morgan fingerprint density at radius 1 is 1.22 bits per heavy atom. The molecule has 0 aliphatic carbocycles. The zero-order chi connectivity index (χ0) is 19.0. The summed E-state index contributed by atoms with van der Waals surface area (Å²) in [5.41, 5.74) is 2.99. The maximum atomic E-state index is 13.2. The summed E-state index contributed by atoms with van der Waals surface area (Å²) in [4.78, 5) is 18.6. The molecule has 2 aromatic rings. The van der Waals surface area contributed by atoms with Gasteiger partial charge in [-0.2, -0.15) is 5.10 Å². The van der Waals surface area contributed by atoms with E-state index in [9.17, 15) is 9.18 Å². The zero-order valence-corrected chi connectivity index (χ0v) is 15.9. The Kier molecular flexibility index (Phi) is 4.86. The van der Waals surface area contributed by atoms with E-state index >= 15 is 0 Å². The van der Waals surface area contributed by atoms with Gasteiger partial charge in [0.05, 0.1) is 11.9 Å². The topological polar surface area (TPSA) is 55.5 Å². The van der Waals surface area contributed by atoms with E-state index in [0.29, 0.717) is 12.0 Å². The first-order valence-electron chi connectivity index (χ1n) is 9.49. The van der Waals surface area contributed by atoms with Gasteiger partial charge in [-0.05, 0) is 43.0 Å². The number of fused-ring (bicyclic) bond motifs is 4. The van der Waals surface area contributed by atoms with Crippen LogP contribution in [0.1, 0.15) is 18.4 Å². The van der Waals surface area contributed by atoms with Gasteiger partial charge < -0.3 is 9.80 Å². The number of H-pyrrole nitrogens is 1. The Morgan fingerprint density at radius 3 is 2.74 bits per heavy atom. The van der Waals surface area contributed by atoms with E-state index in [-0.39, 0.29) is 11.8 Å². The number of nitrogens with one attached hydrogen (secondary N) is 1. The summed E-state index contributed by atoms with van der Waals surface area (Å²) >= 11 is 0. The first kappa shape index (κ1) is 18.0. The van der Waals surface area contributed by atoms with Crippen molar-refractivity contribution in [3.05, 3.63) is 41.8 Å². The third kappa shape index (κ3) is 3.69. The number of carbonyl (C=O) groups excluding carboxylic acids is 1. The first-order chi connectivity index (χ1) is 13.0. The number of benzene rings is 1. The van der Waals surface area contributed by atoms with E-state index in [0.717, 1.165) is 49.4 Å². The van der Waals surface area contributed by atoms with Crippen LogP contribution >= 0.6 is 0 Å². The molecule has 3 aliphatic heterocycles. The van der Waals surface area contributed by atoms with Gasteiger partial charge in [-0.3, -0.25) is 10.00 Å². The van der Waals surface area contributed by atoms with Crippen molar-refractivity contribution in [2.75, 3.05) is 33.7 Å². The highest BCUT2D eigenvalue weighted by Gasteiger charge is 2.37. The maximum absolute atomic E-state index is 13.2. The Labute approximate surface area is 158 Å². The van der Waals surface area contributed by atoms with Crippen LogP contribution in [0.15, 0.2) is 30.5 Å². The number of hydrogen-bond donors (Lipinski definition) is 1. The molecule has 0 radical (unpaired) electrons. The number of carbonyl (C=O) groups is 1. The molecule has 2 amide bonds. The van der Waals surface area contributed by atoms with Crippen molar-refractivity contribution in [2.45, 2.75) is 25.4 Å². The lowest BCUT2D eigenvalue weighted by molar-refractivity contribution is 0.123. The molecule has 3 fully saturated rings. The molecule has 7 heteroatoms. The molecule has 0 saturated carbocycles. The highest BCUT2D eigenvalue weighted by Crippen LogP contribution is 2.31. The molecule has 6 nitrogen and oxygen atoms in total. The summed E-state index contributed by atoms with van der Waals surface area (Å²) in [5.74, 6) is 0.268. The summed E-state index contributed by atoms with van der Waals surface area (Å²) in [6.45, 7) is 3.39. The molecule has 2 bridgehead atoms. The minimum absolute atomic E-state index is 0.101. The molecule has 2 atom stereocenters. The van der Waals surface area contributed by atoms with Crippen LogP contribution in [-0.2, 0) is 6.54 Å². The molecule has 144 valence electrons. The predicted molar refractivity (Wildman–Crippen MR) is 102 cm³/mol. The van der Waals surface area contributed by atoms with Crippen LogP contribution in [0, 0.1) is 11.7 Å². The second-order valence-electron chi connectivity index (χ2n) is 7.89. The SMILES string of the molecule is CN(C)C(=O)N1C[C@@H]2CC[C@H](C1)N(Cc1cn[nH]c1-c1ccc(F)cc1)C2. The van der Waals surface area contributed by atoms with Gasteiger partial charge in [-0.15, -0.1) is 0 Å². The van der Waals surface area contributed by atoms with Gasteiger partial charge in [0.2, 0.25) is 0 Å². The lowest BCUT2D eigenvalue weighted by atomic mass is 9.94. The van der Waals surface area contributed by atoms with Crippen molar-refractivity contribution in [3.63, 3.8) is 0 Å². The minimum atomic E-state index is -0.240. The highest BCUT2D eigenvalue weighted by atomic mass is 19.1. The molecule has 5 rings (SSSR count). The van der Waals surface area contributed by atoms with Crippen LogP contribution in [0.4, 0.5) is 9.18 Å². The van der Waals surface area contributed by atoms with Gasteiger partial charge in [-0.1, -0.05) is 0 Å². The number of amides is 2. The maximum Gasteiger partial charge on any atom is 0.319 e. The lowest BCUT2D eigenvalue weighted by Gasteiger charge is -2.36. The van der Waals surface area contributed by atoms with Crippen LogP contribution in [-0.4, -0.2) is 70.7 Å². The third-order valence-corrected chi connectivity index (χ3v) is 5.70. The summed E-state index contributed by atoms with van der Waals surface area (Å²) in [5, 5.41) is 7.28. The molecular formula is C20H26FN5O. The fourth-order valence-electron chi connectivity index (χ4n) is 4.33. The number of aromatic amines is 1. The smallest absolute Gasteiger partial charge is 0.319 e. The molecule has 0 unspecified atom stereocenters. The summed E-state index contributed by atoms with van der Waals surface area (Å²) in [6, 6.07) is 6.96. The molecule has 1 N–H and O–H groups in total. The van der Waals surface area contributed by atoms with Gasteiger partial charge in [0.15, 0.2) is 0 Å². The number of nitrogens with zero attached hydrogens (tertiary/aromatic N) is 4. The van der Waals surface area contributed by atoms with Crippen molar-refractivity contribution < 1.29 is 9.18 Å². The largest absolute Gasteiger partial charge is 0.331 e. The monoisotopic (exact) mass is 371 g/mol. The molecule has 3 aliphatic rings. The Balaban J connectivity index is 1.52. The Morgan fingerprint density at radius 2 is 2.00 bits per heavy atom. The van der Waals surface area contributed by atoms with Crippen molar-refractivity contribution in [3.8, 4) is 11.3 Å². The quantitative estimate of drug-likeness (QED) is 0.903. The number of aromatic nitrogens is 2. The standard InChI is InChI=1S/C20H26FN5O/c1-24(2)20(27)26-11-14-3-8-18(13-26)25(10-14)12-16-9-22-23-19(16)15-4-6-17(21)7-5-15/h4-7,9,14,18H,3,8,10-13H2,1-2H3,(H,22,23)/t14-,18-/m1/s1. The molecule has 27 heavy (non-hydrogen) atoms. The summed E-state index contributed by atoms with van der Waals surface area (Å²) in [7, 11) is 3.63. The van der Waals surface area contributed by atoms with Gasteiger partial charge >= 0.3 is 6.03 Å². The first-order valence-corrected chi connectivity index (χ1v) is 9.49. The number of piperidine rings is 1. The van der Waals surface area contributed by atoms with Crippen LogP contribution in [0.5, 0.6) is 0 Å². The van der Waals surface area contributed by atoms with E-state index in [1.165, 1.54) is 18.6 Å². The van der Waals surface area contributed by atoms with E-state index < -0.39 is 0 Å². The van der Waals surface area contributed by atoms with Crippen molar-refractivity contribution in [1.82, 2.24) is 24.9 Å². The van der Waals surface area contributed by atoms with Crippen LogP contribution < -0.4 is 0 Å². The number of halogens is 1. The minimum Gasteiger partial charge on any atom is -0.331 e. The average molecular weight is 371 g/mol. The number of urea groups is 1. The van der Waals surface area contributed by atoms with Crippen LogP contribution in [0.25, 0.3) is 11.3 Å². The molecule has 0 spiro atoms. The normalized spacial score (nSPS) is 22.7. The third-order valence-electron chi connectivity index (χ3n) is 5.70. The summed E-state index contributed by atoms with van der Waals surface area (Å²) in [6.07, 6.45) is 4.15. The molecule has 1 aromatic heterocycles. The Bertz CT molecular complexity index is 803. The van der Waals surface area contributed by atoms with Crippen molar-refractivity contribution in [1.29, 1.82) is 0 Å². The molecule has 1 aromatic carbocycles. The van der Waals surface area contributed by atoms with Crippen molar-refractivity contribution in [2.24, 2.45) is 5.92 Å². The van der Waals surface area contributed by atoms with Gasteiger partial charge in [0.25, 0.3) is 0 Å². The van der Waals surface area contributed by atoms with Gasteiger partial charge in [0.1, 0.15) is 5.82 Å². The molecule has 3 saturated heterocycles. The zero-order valence-electron chi connectivity index (χ0n) is 15.9.